The summed E-state index contributed by atoms with van der Waals surface area (Å²) in [5.41, 5.74) is 1.80. The van der Waals surface area contributed by atoms with Gasteiger partial charge in [-0.3, -0.25) is 4.79 Å². The molecule has 0 radical (unpaired) electrons. The number of carbonyl (C=O) groups excluding carboxylic acids is 1. The number of nitrogens with one attached hydrogen (secondary N) is 1. The van der Waals surface area contributed by atoms with Gasteiger partial charge < -0.3 is 19.1 Å². The van der Waals surface area contributed by atoms with Crippen molar-refractivity contribution in [1.82, 2.24) is 25.0 Å². The molecule has 1 atom stereocenters. The second kappa shape index (κ2) is 6.79. The zero-order valence-corrected chi connectivity index (χ0v) is 13.8. The van der Waals surface area contributed by atoms with Crippen molar-refractivity contribution in [3.05, 3.63) is 41.8 Å². The van der Waals surface area contributed by atoms with Crippen molar-refractivity contribution in [1.29, 1.82) is 0 Å². The van der Waals surface area contributed by atoms with Crippen molar-refractivity contribution >= 4 is 16.9 Å². The van der Waals surface area contributed by atoms with Gasteiger partial charge in [-0.1, -0.05) is 17.3 Å². The third-order valence-corrected chi connectivity index (χ3v) is 3.74. The topological polar surface area (TPSA) is 95.1 Å². The lowest BCUT2D eigenvalue weighted by Crippen LogP contribution is -2.31. The van der Waals surface area contributed by atoms with E-state index in [-0.39, 0.29) is 19.1 Å². The number of imidazole rings is 1. The van der Waals surface area contributed by atoms with Gasteiger partial charge in [-0.2, -0.15) is 4.98 Å². The van der Waals surface area contributed by atoms with Crippen LogP contribution in [0.3, 0.4) is 0 Å². The lowest BCUT2D eigenvalue weighted by atomic mass is 10.2. The highest BCUT2D eigenvalue weighted by molar-refractivity contribution is 5.84. The normalized spacial score (nSPS) is 12.5. The highest BCUT2D eigenvalue weighted by atomic mass is 16.5. The molecule has 2 aromatic heterocycles. The number of hydrogen-bond acceptors (Lipinski definition) is 6. The second-order valence-corrected chi connectivity index (χ2v) is 5.45. The molecule has 0 saturated heterocycles. The maximum Gasteiger partial charge on any atom is 0.246 e. The average Bonchev–Trinajstić information content (AvgIpc) is 3.15. The Kier molecular flexibility index (Phi) is 4.57. The van der Waals surface area contributed by atoms with E-state index in [0.29, 0.717) is 11.7 Å². The Bertz CT molecular complexity index is 854. The lowest BCUT2D eigenvalue weighted by Gasteiger charge is -2.15. The van der Waals surface area contributed by atoms with E-state index in [2.05, 4.69) is 20.4 Å². The Morgan fingerprint density at radius 2 is 2.17 bits per heavy atom. The van der Waals surface area contributed by atoms with Crippen LogP contribution in [0, 0.1) is 6.92 Å². The number of ether oxygens (including phenoxy) is 1. The molecule has 1 N–H and O–H groups in total. The van der Waals surface area contributed by atoms with Gasteiger partial charge in [0.05, 0.1) is 17.6 Å². The van der Waals surface area contributed by atoms with Crippen LogP contribution in [0.5, 0.6) is 0 Å². The fourth-order valence-corrected chi connectivity index (χ4v) is 2.63. The van der Waals surface area contributed by atoms with Gasteiger partial charge in [0.1, 0.15) is 18.5 Å². The molecule has 8 nitrogen and oxygen atoms in total. The van der Waals surface area contributed by atoms with E-state index in [1.807, 2.05) is 42.7 Å². The summed E-state index contributed by atoms with van der Waals surface area (Å²) in [6, 6.07) is 7.34. The molecule has 2 heterocycles. The van der Waals surface area contributed by atoms with E-state index in [4.69, 9.17) is 9.26 Å². The first-order chi connectivity index (χ1) is 11.6. The first-order valence-corrected chi connectivity index (χ1v) is 7.62. The van der Waals surface area contributed by atoms with Crippen LogP contribution < -0.4 is 5.32 Å². The largest absolute Gasteiger partial charge is 0.377 e. The number of benzene rings is 1. The number of fused-ring (bicyclic) bond motifs is 1. The summed E-state index contributed by atoms with van der Waals surface area (Å²) in [4.78, 5) is 21.1. The summed E-state index contributed by atoms with van der Waals surface area (Å²) >= 11 is 0. The molecule has 0 aliphatic carbocycles. The van der Waals surface area contributed by atoms with Crippen molar-refractivity contribution in [2.75, 3.05) is 7.11 Å². The molecular formula is C16H19N5O3. The Labute approximate surface area is 138 Å². The van der Waals surface area contributed by atoms with Gasteiger partial charge in [0.25, 0.3) is 0 Å². The van der Waals surface area contributed by atoms with Crippen LogP contribution in [-0.4, -0.2) is 32.7 Å². The molecular weight excluding hydrogens is 310 g/mol. The van der Waals surface area contributed by atoms with E-state index in [0.717, 1.165) is 16.9 Å². The smallest absolute Gasteiger partial charge is 0.246 e. The van der Waals surface area contributed by atoms with Gasteiger partial charge >= 0.3 is 0 Å². The summed E-state index contributed by atoms with van der Waals surface area (Å²) in [7, 11) is 1.55. The highest BCUT2D eigenvalue weighted by Crippen LogP contribution is 2.20. The number of aromatic nitrogens is 4. The van der Waals surface area contributed by atoms with Crippen molar-refractivity contribution in [2.24, 2.45) is 0 Å². The fraction of sp³-hybridized carbons (Fsp3) is 0.375. The zero-order chi connectivity index (χ0) is 17.1. The standard InChI is InChI=1S/C16H19N5O3/c1-10(21-11(2)18-12-6-4-5-7-13(12)21)16(22)17-8-15-19-14(9-23-3)20-24-15/h4-7,10H,8-9H2,1-3H3,(H,17,22)/t10-/m1/s1. The minimum atomic E-state index is -0.404. The zero-order valence-electron chi connectivity index (χ0n) is 13.8. The fourth-order valence-electron chi connectivity index (χ4n) is 2.63. The third-order valence-electron chi connectivity index (χ3n) is 3.74. The number of amides is 1. The van der Waals surface area contributed by atoms with Crippen molar-refractivity contribution in [3.8, 4) is 0 Å². The molecule has 0 fully saturated rings. The van der Waals surface area contributed by atoms with Crippen LogP contribution in [0.1, 0.15) is 30.5 Å². The van der Waals surface area contributed by atoms with Gasteiger partial charge in [-0.05, 0) is 26.0 Å². The quantitative estimate of drug-likeness (QED) is 0.740. The van der Waals surface area contributed by atoms with Crippen molar-refractivity contribution < 1.29 is 14.1 Å². The molecule has 3 aromatic rings. The molecule has 1 aromatic carbocycles. The Hall–Kier alpha value is -2.74. The summed E-state index contributed by atoms with van der Waals surface area (Å²) in [6.07, 6.45) is 0. The summed E-state index contributed by atoms with van der Waals surface area (Å²) in [5.74, 6) is 1.44. The molecule has 0 aliphatic rings. The maximum absolute atomic E-state index is 12.5. The molecule has 24 heavy (non-hydrogen) atoms. The van der Waals surface area contributed by atoms with Crippen LogP contribution in [0.25, 0.3) is 11.0 Å². The molecule has 1 amide bonds. The van der Waals surface area contributed by atoms with E-state index in [1.54, 1.807) is 7.11 Å². The number of para-hydroxylation sites is 2. The minimum Gasteiger partial charge on any atom is -0.377 e. The number of aryl methyl sites for hydroxylation is 1. The Morgan fingerprint density at radius 1 is 1.38 bits per heavy atom. The molecule has 0 unspecified atom stereocenters. The third kappa shape index (κ3) is 3.13. The molecule has 0 spiro atoms. The summed E-state index contributed by atoms with van der Waals surface area (Å²) < 4.78 is 11.9. The van der Waals surface area contributed by atoms with Crippen LogP contribution >= 0.6 is 0 Å². The van der Waals surface area contributed by atoms with Gasteiger partial charge in [0.2, 0.25) is 11.8 Å². The van der Waals surface area contributed by atoms with E-state index in [1.165, 1.54) is 0 Å². The van der Waals surface area contributed by atoms with Crippen LogP contribution in [0.15, 0.2) is 28.8 Å². The van der Waals surface area contributed by atoms with Gasteiger partial charge in [-0.25, -0.2) is 4.98 Å². The Balaban J connectivity index is 1.70. The maximum atomic E-state index is 12.5. The number of methoxy groups -OCH3 is 1. The van der Waals surface area contributed by atoms with E-state index in [9.17, 15) is 4.79 Å². The number of carbonyl (C=O) groups is 1. The van der Waals surface area contributed by atoms with Crippen LogP contribution in [-0.2, 0) is 22.7 Å². The second-order valence-electron chi connectivity index (χ2n) is 5.45. The molecule has 0 saturated carbocycles. The van der Waals surface area contributed by atoms with Gasteiger partial charge in [-0.15, -0.1) is 0 Å². The van der Waals surface area contributed by atoms with Gasteiger partial charge in [0.15, 0.2) is 5.82 Å². The predicted octanol–water partition coefficient (Wildman–Crippen LogP) is 1.75. The van der Waals surface area contributed by atoms with E-state index >= 15 is 0 Å². The summed E-state index contributed by atoms with van der Waals surface area (Å²) in [6.45, 7) is 4.17. The number of rotatable bonds is 6. The van der Waals surface area contributed by atoms with Crippen molar-refractivity contribution in [2.45, 2.75) is 33.0 Å². The molecule has 8 heteroatoms. The van der Waals surface area contributed by atoms with Gasteiger partial charge in [0, 0.05) is 7.11 Å². The number of nitrogens with zero attached hydrogens (tertiary/aromatic N) is 4. The van der Waals surface area contributed by atoms with Crippen LogP contribution in [0.4, 0.5) is 0 Å². The SMILES string of the molecule is COCc1noc(CNC(=O)[C@@H](C)n2c(C)nc3ccccc32)n1. The number of hydrogen-bond donors (Lipinski definition) is 1. The first-order valence-electron chi connectivity index (χ1n) is 7.62. The average molecular weight is 329 g/mol. The molecule has 126 valence electrons. The summed E-state index contributed by atoms with van der Waals surface area (Å²) in [5, 5.41) is 6.57. The molecule has 0 aliphatic heterocycles. The highest BCUT2D eigenvalue weighted by Gasteiger charge is 2.20. The van der Waals surface area contributed by atoms with E-state index < -0.39 is 6.04 Å². The minimum absolute atomic E-state index is 0.146. The van der Waals surface area contributed by atoms with Crippen molar-refractivity contribution in [3.63, 3.8) is 0 Å². The lowest BCUT2D eigenvalue weighted by molar-refractivity contribution is -0.124. The molecule has 3 rings (SSSR count). The predicted molar refractivity (Wildman–Crippen MR) is 86.0 cm³/mol. The first kappa shape index (κ1) is 16.1. The van der Waals surface area contributed by atoms with Crippen LogP contribution in [0.2, 0.25) is 0 Å². The monoisotopic (exact) mass is 329 g/mol. The molecule has 0 bridgehead atoms. The Morgan fingerprint density at radius 3 is 2.96 bits per heavy atom.